The summed E-state index contributed by atoms with van der Waals surface area (Å²) >= 11 is 0. The summed E-state index contributed by atoms with van der Waals surface area (Å²) in [6, 6.07) is 0.197. The van der Waals surface area contributed by atoms with Crippen molar-refractivity contribution in [3.63, 3.8) is 0 Å². The number of nitrogens with zero attached hydrogens (tertiary/aromatic N) is 4. The summed E-state index contributed by atoms with van der Waals surface area (Å²) in [5.41, 5.74) is 0. The number of methoxy groups -OCH3 is 1. The van der Waals surface area contributed by atoms with Gasteiger partial charge in [0.25, 0.3) is 0 Å². The lowest BCUT2D eigenvalue weighted by molar-refractivity contribution is -0.123. The van der Waals surface area contributed by atoms with Crippen molar-refractivity contribution in [3.8, 4) is 0 Å². The summed E-state index contributed by atoms with van der Waals surface area (Å²) in [5, 5.41) is 6.44. The van der Waals surface area contributed by atoms with E-state index in [4.69, 9.17) is 9.73 Å². The van der Waals surface area contributed by atoms with E-state index in [0.29, 0.717) is 12.5 Å². The fraction of sp³-hybridized carbons (Fsp3) is 0.905. The summed E-state index contributed by atoms with van der Waals surface area (Å²) in [6.07, 6.45) is 2.43. The molecule has 0 aromatic carbocycles. The third kappa shape index (κ3) is 10.1. The first kappa shape index (κ1) is 27.4. The quantitative estimate of drug-likeness (QED) is 0.260. The smallest absolute Gasteiger partial charge is 0.234 e. The molecule has 0 aromatic heterocycles. The van der Waals surface area contributed by atoms with Crippen LogP contribution in [0.4, 0.5) is 0 Å². The lowest BCUT2D eigenvalue weighted by atomic mass is 9.97. The minimum absolute atomic E-state index is 0. The Morgan fingerprint density at radius 2 is 1.77 bits per heavy atom. The molecule has 0 saturated carbocycles. The monoisotopic (exact) mass is 538 g/mol. The molecule has 30 heavy (non-hydrogen) atoms. The van der Waals surface area contributed by atoms with Crippen molar-refractivity contribution in [2.75, 3.05) is 79.2 Å². The normalized spacial score (nSPS) is 19.6. The van der Waals surface area contributed by atoms with Crippen molar-refractivity contribution in [3.05, 3.63) is 0 Å². The lowest BCUT2D eigenvalue weighted by Gasteiger charge is -2.36. The predicted octanol–water partition coefficient (Wildman–Crippen LogP) is 1.07. The summed E-state index contributed by atoms with van der Waals surface area (Å²) in [5.74, 6) is 1.81. The van der Waals surface area contributed by atoms with Gasteiger partial charge in [0.2, 0.25) is 5.91 Å². The zero-order valence-corrected chi connectivity index (χ0v) is 21.7. The highest BCUT2D eigenvalue weighted by atomic mass is 127. The van der Waals surface area contributed by atoms with E-state index in [2.05, 4.69) is 32.3 Å². The van der Waals surface area contributed by atoms with Gasteiger partial charge in [-0.1, -0.05) is 0 Å². The number of halogens is 1. The van der Waals surface area contributed by atoms with Crippen LogP contribution < -0.4 is 10.6 Å². The van der Waals surface area contributed by atoms with Crippen LogP contribution in [0, 0.1) is 5.92 Å². The van der Waals surface area contributed by atoms with E-state index in [0.717, 1.165) is 71.5 Å². The van der Waals surface area contributed by atoms with Gasteiger partial charge < -0.3 is 25.2 Å². The Balaban J connectivity index is 0.00000450. The van der Waals surface area contributed by atoms with Crippen molar-refractivity contribution in [2.24, 2.45) is 10.9 Å². The number of hydrogen-bond donors (Lipinski definition) is 2. The second kappa shape index (κ2) is 15.2. The minimum atomic E-state index is 0. The fourth-order valence-corrected chi connectivity index (χ4v) is 3.94. The first-order valence-electron chi connectivity index (χ1n) is 11.3. The number of aliphatic imine (C=N–C) groups is 1. The molecule has 2 saturated heterocycles. The van der Waals surface area contributed by atoms with Crippen molar-refractivity contribution in [1.29, 1.82) is 0 Å². The van der Waals surface area contributed by atoms with Crippen molar-refractivity contribution in [2.45, 2.75) is 39.7 Å². The zero-order valence-electron chi connectivity index (χ0n) is 19.4. The Kier molecular flexibility index (Phi) is 13.9. The van der Waals surface area contributed by atoms with Crippen molar-refractivity contribution >= 4 is 35.8 Å². The van der Waals surface area contributed by atoms with Gasteiger partial charge in [-0.05, 0) is 52.6 Å². The van der Waals surface area contributed by atoms with Crippen LogP contribution >= 0.6 is 24.0 Å². The Hall–Kier alpha value is -0.650. The summed E-state index contributed by atoms with van der Waals surface area (Å²) in [4.78, 5) is 24.0. The van der Waals surface area contributed by atoms with E-state index in [9.17, 15) is 4.79 Å². The van der Waals surface area contributed by atoms with Crippen LogP contribution in [0.1, 0.15) is 33.6 Å². The number of piperidine rings is 1. The molecule has 0 spiro atoms. The topological polar surface area (TPSA) is 72.4 Å². The number of rotatable bonds is 9. The van der Waals surface area contributed by atoms with E-state index in [1.54, 1.807) is 7.11 Å². The van der Waals surface area contributed by atoms with Crippen LogP contribution in [0.3, 0.4) is 0 Å². The van der Waals surface area contributed by atoms with Gasteiger partial charge in [0, 0.05) is 59.0 Å². The number of carbonyl (C=O) groups excluding carboxylic acids is 1. The SMILES string of the molecule is CCNC(=NCC1CCN(CCOC)CC1)N1CCN(CC(=O)NC(C)C)CC1.I. The van der Waals surface area contributed by atoms with Crippen LogP contribution in [0.5, 0.6) is 0 Å². The summed E-state index contributed by atoms with van der Waals surface area (Å²) in [7, 11) is 1.77. The van der Waals surface area contributed by atoms with Crippen LogP contribution in [-0.4, -0.2) is 112 Å². The van der Waals surface area contributed by atoms with Crippen molar-refractivity contribution < 1.29 is 9.53 Å². The summed E-state index contributed by atoms with van der Waals surface area (Å²) < 4.78 is 5.19. The molecule has 2 aliphatic rings. The first-order valence-corrected chi connectivity index (χ1v) is 11.3. The number of likely N-dealkylation sites (tertiary alicyclic amines) is 1. The molecule has 1 amide bonds. The second-order valence-electron chi connectivity index (χ2n) is 8.46. The van der Waals surface area contributed by atoms with Gasteiger partial charge in [-0.3, -0.25) is 14.7 Å². The van der Waals surface area contributed by atoms with E-state index >= 15 is 0 Å². The number of ether oxygens (including phenoxy) is 1. The lowest BCUT2D eigenvalue weighted by Crippen LogP contribution is -2.54. The van der Waals surface area contributed by atoms with Crippen LogP contribution in [-0.2, 0) is 9.53 Å². The molecule has 2 rings (SSSR count). The van der Waals surface area contributed by atoms with Gasteiger partial charge >= 0.3 is 0 Å². The van der Waals surface area contributed by atoms with Crippen LogP contribution in [0.15, 0.2) is 4.99 Å². The molecule has 2 fully saturated rings. The molecule has 0 radical (unpaired) electrons. The molecule has 0 atom stereocenters. The number of carbonyl (C=O) groups is 1. The maximum atomic E-state index is 12.0. The van der Waals surface area contributed by atoms with Crippen LogP contribution in [0.25, 0.3) is 0 Å². The molecule has 2 N–H and O–H groups in total. The van der Waals surface area contributed by atoms with E-state index in [1.165, 1.54) is 12.8 Å². The number of guanidine groups is 1. The molecule has 0 aliphatic carbocycles. The van der Waals surface area contributed by atoms with Gasteiger partial charge in [0.15, 0.2) is 5.96 Å². The fourth-order valence-electron chi connectivity index (χ4n) is 3.94. The number of piperazine rings is 1. The summed E-state index contributed by atoms with van der Waals surface area (Å²) in [6.45, 7) is 16.2. The maximum Gasteiger partial charge on any atom is 0.234 e. The molecule has 0 unspecified atom stereocenters. The predicted molar refractivity (Wildman–Crippen MR) is 134 cm³/mol. The highest BCUT2D eigenvalue weighted by molar-refractivity contribution is 14.0. The molecule has 2 aliphatic heterocycles. The molecule has 0 bridgehead atoms. The molecule has 176 valence electrons. The van der Waals surface area contributed by atoms with E-state index < -0.39 is 0 Å². The average molecular weight is 539 g/mol. The standard InChI is InChI=1S/C21H42N6O2.HI/c1-5-22-21(23-16-19-6-8-25(9-7-19)14-15-29-4)27-12-10-26(11-13-27)17-20(28)24-18(2)3;/h18-19H,5-17H2,1-4H3,(H,22,23)(H,24,28);1H. The van der Waals surface area contributed by atoms with Gasteiger partial charge in [-0.2, -0.15) is 0 Å². The third-order valence-electron chi connectivity index (χ3n) is 5.64. The molecular weight excluding hydrogens is 495 g/mol. The molecule has 0 aromatic rings. The van der Waals surface area contributed by atoms with Gasteiger partial charge in [0.1, 0.15) is 0 Å². The van der Waals surface area contributed by atoms with E-state index in [1.807, 2.05) is 13.8 Å². The van der Waals surface area contributed by atoms with Crippen molar-refractivity contribution in [1.82, 2.24) is 25.3 Å². The van der Waals surface area contributed by atoms with Crippen LogP contribution in [0.2, 0.25) is 0 Å². The largest absolute Gasteiger partial charge is 0.383 e. The highest BCUT2D eigenvalue weighted by Gasteiger charge is 2.23. The Morgan fingerprint density at radius 3 is 2.33 bits per heavy atom. The maximum absolute atomic E-state index is 12.0. The Labute approximate surface area is 200 Å². The minimum Gasteiger partial charge on any atom is -0.383 e. The third-order valence-corrected chi connectivity index (χ3v) is 5.64. The average Bonchev–Trinajstić information content (AvgIpc) is 2.70. The Morgan fingerprint density at radius 1 is 1.10 bits per heavy atom. The second-order valence-corrected chi connectivity index (χ2v) is 8.46. The van der Waals surface area contributed by atoms with Gasteiger partial charge in [-0.15, -0.1) is 24.0 Å². The number of amides is 1. The zero-order chi connectivity index (χ0) is 21.1. The highest BCUT2D eigenvalue weighted by Crippen LogP contribution is 2.17. The number of nitrogens with one attached hydrogen (secondary N) is 2. The molecule has 9 heteroatoms. The van der Waals surface area contributed by atoms with Gasteiger partial charge in [0.05, 0.1) is 13.2 Å². The Bertz CT molecular complexity index is 504. The molecular formula is C21H43IN6O2. The van der Waals surface area contributed by atoms with E-state index in [-0.39, 0.29) is 35.9 Å². The molecule has 2 heterocycles. The first-order chi connectivity index (χ1) is 14.0. The molecule has 8 nitrogen and oxygen atoms in total. The van der Waals surface area contributed by atoms with Gasteiger partial charge in [-0.25, -0.2) is 0 Å². The number of hydrogen-bond acceptors (Lipinski definition) is 5.